The first-order valence-corrected chi connectivity index (χ1v) is 10.9. The van der Waals surface area contributed by atoms with Crippen molar-refractivity contribution in [2.24, 2.45) is 10.9 Å². The number of hydrogen-bond acceptors (Lipinski definition) is 5. The average Bonchev–Trinajstić information content (AvgIpc) is 3.18. The van der Waals surface area contributed by atoms with Gasteiger partial charge in [-0.1, -0.05) is 32.9 Å². The number of halogens is 1. The molecule has 0 amide bonds. The molecule has 1 fully saturated rings. The number of aromatic nitrogens is 1. The molecule has 1 aromatic heterocycles. The molecule has 0 saturated carbocycles. The number of piperazine rings is 1. The second-order valence-corrected chi connectivity index (χ2v) is 7.88. The Balaban J connectivity index is 0.00000420. The maximum atomic E-state index is 5.48. The lowest BCUT2D eigenvalue weighted by Crippen LogP contribution is -2.48. The normalized spacial score (nSPS) is 17.2. The fourth-order valence-electron chi connectivity index (χ4n) is 3.77. The van der Waals surface area contributed by atoms with E-state index in [1.165, 1.54) is 26.2 Å². The Morgan fingerprint density at radius 3 is 2.38 bits per heavy atom. The highest BCUT2D eigenvalue weighted by molar-refractivity contribution is 14.0. The Hall–Kier alpha value is -0.870. The summed E-state index contributed by atoms with van der Waals surface area (Å²) in [5.41, 5.74) is 1.06. The van der Waals surface area contributed by atoms with Crippen molar-refractivity contribution in [2.45, 2.75) is 53.0 Å². The third-order valence-corrected chi connectivity index (χ3v) is 5.73. The van der Waals surface area contributed by atoms with Gasteiger partial charge < -0.3 is 25.0 Å². The summed E-state index contributed by atoms with van der Waals surface area (Å²) in [5, 5.41) is 11.0. The van der Waals surface area contributed by atoms with E-state index in [2.05, 4.69) is 64.3 Å². The van der Waals surface area contributed by atoms with E-state index in [0.29, 0.717) is 18.4 Å². The molecule has 2 heterocycles. The van der Waals surface area contributed by atoms with E-state index in [4.69, 9.17) is 4.52 Å². The first-order valence-electron chi connectivity index (χ1n) is 10.9. The molecule has 29 heavy (non-hydrogen) atoms. The van der Waals surface area contributed by atoms with Crippen LogP contribution in [-0.2, 0) is 6.54 Å². The Kier molecular flexibility index (Phi) is 12.8. The summed E-state index contributed by atoms with van der Waals surface area (Å²) in [6, 6.07) is 2.07. The van der Waals surface area contributed by atoms with Crippen molar-refractivity contribution in [3.05, 3.63) is 17.5 Å². The summed E-state index contributed by atoms with van der Waals surface area (Å²) >= 11 is 0. The van der Waals surface area contributed by atoms with Gasteiger partial charge in [0.2, 0.25) is 0 Å². The van der Waals surface area contributed by atoms with Crippen LogP contribution in [0.2, 0.25) is 0 Å². The van der Waals surface area contributed by atoms with Crippen LogP contribution in [0.15, 0.2) is 15.6 Å². The van der Waals surface area contributed by atoms with Gasteiger partial charge in [-0.3, -0.25) is 4.99 Å². The molecule has 0 bridgehead atoms. The summed E-state index contributed by atoms with van der Waals surface area (Å²) in [7, 11) is 1.81. The van der Waals surface area contributed by atoms with Crippen LogP contribution in [0.5, 0.6) is 0 Å². The van der Waals surface area contributed by atoms with Crippen LogP contribution < -0.4 is 10.6 Å². The fourth-order valence-corrected chi connectivity index (χ4v) is 3.77. The number of nitrogens with one attached hydrogen (secondary N) is 2. The molecule has 2 N–H and O–H groups in total. The topological polar surface area (TPSA) is 68.9 Å². The van der Waals surface area contributed by atoms with Gasteiger partial charge in [-0.15, -0.1) is 24.0 Å². The van der Waals surface area contributed by atoms with Crippen molar-refractivity contribution in [1.29, 1.82) is 0 Å². The number of hydrogen-bond donors (Lipinski definition) is 2. The van der Waals surface area contributed by atoms with E-state index >= 15 is 0 Å². The lowest BCUT2D eigenvalue weighted by Gasteiger charge is -2.35. The second-order valence-electron chi connectivity index (χ2n) is 7.88. The quantitative estimate of drug-likeness (QED) is 0.281. The Morgan fingerprint density at radius 1 is 1.14 bits per heavy atom. The molecule has 7 nitrogen and oxygen atoms in total. The number of nitrogens with zero attached hydrogens (tertiary/aromatic N) is 4. The predicted octanol–water partition coefficient (Wildman–Crippen LogP) is 3.13. The van der Waals surface area contributed by atoms with Crippen LogP contribution in [0.1, 0.15) is 57.9 Å². The largest absolute Gasteiger partial charge is 0.359 e. The van der Waals surface area contributed by atoms with E-state index in [-0.39, 0.29) is 24.0 Å². The molecule has 168 valence electrons. The van der Waals surface area contributed by atoms with Crippen molar-refractivity contribution in [2.75, 3.05) is 52.9 Å². The number of guanidine groups is 1. The van der Waals surface area contributed by atoms with E-state index in [1.54, 1.807) is 7.05 Å². The van der Waals surface area contributed by atoms with Gasteiger partial charge in [0.25, 0.3) is 0 Å². The number of rotatable bonds is 10. The lowest BCUT2D eigenvalue weighted by molar-refractivity contribution is 0.124. The number of likely N-dealkylation sites (N-methyl/N-ethyl adjacent to an activating group) is 1. The van der Waals surface area contributed by atoms with Gasteiger partial charge in [0.1, 0.15) is 0 Å². The highest BCUT2D eigenvalue weighted by Gasteiger charge is 2.17. The van der Waals surface area contributed by atoms with Gasteiger partial charge >= 0.3 is 0 Å². The second kappa shape index (κ2) is 14.2. The maximum absolute atomic E-state index is 5.48. The SMILES string of the molecule is CCC(CC)c1cc(CNC(=NC)NCC(C)CN2CCN(CC)CC2)on1.I. The first kappa shape index (κ1) is 26.2. The summed E-state index contributed by atoms with van der Waals surface area (Å²) in [6.07, 6.45) is 2.18. The lowest BCUT2D eigenvalue weighted by atomic mass is 9.99. The third kappa shape index (κ3) is 8.80. The zero-order valence-electron chi connectivity index (χ0n) is 18.9. The van der Waals surface area contributed by atoms with Gasteiger partial charge in [0.05, 0.1) is 12.2 Å². The standard InChI is InChI=1S/C21H40N6O.HI/c1-6-18(7-2)20-13-19(28-25-20)15-24-21(22-5)23-14-17(4)16-27-11-9-26(8-3)10-12-27;/h13,17-18H,6-12,14-16H2,1-5H3,(H2,22,23,24);1H. The van der Waals surface area contributed by atoms with Gasteiger partial charge in [-0.25, -0.2) is 0 Å². The van der Waals surface area contributed by atoms with Gasteiger partial charge in [-0.2, -0.15) is 0 Å². The Morgan fingerprint density at radius 2 is 1.79 bits per heavy atom. The number of aliphatic imine (C=N–C) groups is 1. The molecule has 2 rings (SSSR count). The van der Waals surface area contributed by atoms with Crippen molar-refractivity contribution < 1.29 is 4.52 Å². The summed E-state index contributed by atoms with van der Waals surface area (Å²) in [6.45, 7) is 17.5. The highest BCUT2D eigenvalue weighted by Crippen LogP contribution is 2.22. The molecule has 1 atom stereocenters. The van der Waals surface area contributed by atoms with E-state index in [0.717, 1.165) is 49.9 Å². The minimum Gasteiger partial charge on any atom is -0.359 e. The zero-order valence-corrected chi connectivity index (χ0v) is 21.2. The molecule has 8 heteroatoms. The molecule has 0 aliphatic carbocycles. The zero-order chi connectivity index (χ0) is 20.4. The molecule has 1 saturated heterocycles. The van der Waals surface area contributed by atoms with Crippen LogP contribution in [0.3, 0.4) is 0 Å². The minimum absolute atomic E-state index is 0. The summed E-state index contributed by atoms with van der Waals surface area (Å²) < 4.78 is 5.48. The van der Waals surface area contributed by atoms with Crippen molar-refractivity contribution in [3.8, 4) is 0 Å². The van der Waals surface area contributed by atoms with Crippen LogP contribution in [0.25, 0.3) is 0 Å². The third-order valence-electron chi connectivity index (χ3n) is 5.73. The van der Waals surface area contributed by atoms with Crippen LogP contribution in [0.4, 0.5) is 0 Å². The van der Waals surface area contributed by atoms with Crippen LogP contribution >= 0.6 is 24.0 Å². The molecule has 1 aromatic rings. The van der Waals surface area contributed by atoms with E-state index in [9.17, 15) is 0 Å². The molecular weight excluding hydrogens is 479 g/mol. The van der Waals surface area contributed by atoms with Gasteiger partial charge in [0.15, 0.2) is 11.7 Å². The monoisotopic (exact) mass is 520 g/mol. The molecule has 0 radical (unpaired) electrons. The molecule has 0 aromatic carbocycles. The van der Waals surface area contributed by atoms with Crippen LogP contribution in [-0.4, -0.2) is 73.8 Å². The smallest absolute Gasteiger partial charge is 0.191 e. The molecule has 1 aliphatic rings. The highest BCUT2D eigenvalue weighted by atomic mass is 127. The van der Waals surface area contributed by atoms with Gasteiger partial charge in [0, 0.05) is 58.3 Å². The summed E-state index contributed by atoms with van der Waals surface area (Å²) in [5.74, 6) is 2.71. The minimum atomic E-state index is 0. The Bertz CT molecular complexity index is 581. The molecule has 1 unspecified atom stereocenters. The van der Waals surface area contributed by atoms with Crippen molar-refractivity contribution in [1.82, 2.24) is 25.6 Å². The average molecular weight is 521 g/mol. The molecule has 0 spiro atoms. The summed E-state index contributed by atoms with van der Waals surface area (Å²) in [4.78, 5) is 9.42. The fraction of sp³-hybridized carbons (Fsp3) is 0.810. The predicted molar refractivity (Wildman–Crippen MR) is 131 cm³/mol. The molecular formula is C21H41IN6O. The van der Waals surface area contributed by atoms with Crippen molar-refractivity contribution >= 4 is 29.9 Å². The van der Waals surface area contributed by atoms with E-state index < -0.39 is 0 Å². The van der Waals surface area contributed by atoms with Crippen LogP contribution in [0, 0.1) is 5.92 Å². The Labute approximate surface area is 194 Å². The van der Waals surface area contributed by atoms with E-state index in [1.807, 2.05) is 0 Å². The van der Waals surface area contributed by atoms with Gasteiger partial charge in [-0.05, 0) is 25.3 Å². The molecule has 1 aliphatic heterocycles. The van der Waals surface area contributed by atoms with Crippen molar-refractivity contribution in [3.63, 3.8) is 0 Å². The first-order chi connectivity index (χ1) is 13.6. The maximum Gasteiger partial charge on any atom is 0.191 e.